The van der Waals surface area contributed by atoms with E-state index in [4.69, 9.17) is 0 Å². The Hall–Kier alpha value is -1.96. The van der Waals surface area contributed by atoms with Gasteiger partial charge in [0.1, 0.15) is 18.0 Å². The van der Waals surface area contributed by atoms with Crippen LogP contribution in [0.2, 0.25) is 0 Å². The molecule has 0 aliphatic rings. The zero-order valence-electron chi connectivity index (χ0n) is 11.8. The Bertz CT molecular complexity index is 639. The summed E-state index contributed by atoms with van der Waals surface area (Å²) in [6.45, 7) is 0.820. The SMILES string of the molecule is CN=C(NCc1cc(Br)ccc1F)NCc1ncnn1C. The molecule has 2 rings (SSSR count). The molecule has 1 aromatic carbocycles. The fraction of sp³-hybridized carbons (Fsp3) is 0.308. The minimum Gasteiger partial charge on any atom is -0.352 e. The monoisotopic (exact) mass is 354 g/mol. The van der Waals surface area contributed by atoms with Gasteiger partial charge in [-0.3, -0.25) is 9.67 Å². The maximum Gasteiger partial charge on any atom is 0.191 e. The molecule has 0 saturated heterocycles. The summed E-state index contributed by atoms with van der Waals surface area (Å²) >= 11 is 3.33. The second kappa shape index (κ2) is 7.16. The number of rotatable bonds is 4. The number of aliphatic imine (C=N–C) groups is 1. The highest BCUT2D eigenvalue weighted by Crippen LogP contribution is 2.15. The average molecular weight is 355 g/mol. The fourth-order valence-corrected chi connectivity index (χ4v) is 2.13. The minimum atomic E-state index is -0.255. The summed E-state index contributed by atoms with van der Waals surface area (Å²) in [6, 6.07) is 4.83. The zero-order chi connectivity index (χ0) is 15.2. The van der Waals surface area contributed by atoms with Crippen LogP contribution in [0, 0.1) is 5.82 Å². The van der Waals surface area contributed by atoms with Gasteiger partial charge in [0, 0.05) is 30.7 Å². The highest BCUT2D eigenvalue weighted by molar-refractivity contribution is 9.10. The van der Waals surface area contributed by atoms with E-state index in [1.54, 1.807) is 23.9 Å². The van der Waals surface area contributed by atoms with Crippen LogP contribution in [0.1, 0.15) is 11.4 Å². The van der Waals surface area contributed by atoms with E-state index in [1.165, 1.54) is 12.4 Å². The minimum absolute atomic E-state index is 0.255. The van der Waals surface area contributed by atoms with E-state index < -0.39 is 0 Å². The van der Waals surface area contributed by atoms with Crippen LogP contribution in [-0.2, 0) is 20.1 Å². The van der Waals surface area contributed by atoms with Crippen LogP contribution in [0.3, 0.4) is 0 Å². The lowest BCUT2D eigenvalue weighted by Crippen LogP contribution is -2.37. The second-order valence-electron chi connectivity index (χ2n) is 4.31. The molecule has 1 heterocycles. The maximum atomic E-state index is 13.6. The van der Waals surface area contributed by atoms with Gasteiger partial charge in [0.15, 0.2) is 5.96 Å². The number of hydrogen-bond acceptors (Lipinski definition) is 3. The highest BCUT2D eigenvalue weighted by atomic mass is 79.9. The number of halogens is 2. The van der Waals surface area contributed by atoms with Gasteiger partial charge >= 0.3 is 0 Å². The van der Waals surface area contributed by atoms with Crippen molar-refractivity contribution in [2.45, 2.75) is 13.1 Å². The number of nitrogens with one attached hydrogen (secondary N) is 2. The van der Waals surface area contributed by atoms with E-state index in [9.17, 15) is 4.39 Å². The third-order valence-corrected chi connectivity index (χ3v) is 3.39. The summed E-state index contributed by atoms with van der Waals surface area (Å²) in [6.07, 6.45) is 1.49. The van der Waals surface area contributed by atoms with E-state index >= 15 is 0 Å². The number of aromatic nitrogens is 3. The van der Waals surface area contributed by atoms with Crippen LogP contribution < -0.4 is 10.6 Å². The molecule has 0 saturated carbocycles. The van der Waals surface area contributed by atoms with Crippen molar-refractivity contribution in [3.63, 3.8) is 0 Å². The Morgan fingerprint density at radius 2 is 2.14 bits per heavy atom. The first-order valence-electron chi connectivity index (χ1n) is 6.31. The molecule has 0 aliphatic carbocycles. The molecule has 2 aromatic rings. The molecule has 21 heavy (non-hydrogen) atoms. The highest BCUT2D eigenvalue weighted by Gasteiger charge is 2.06. The molecule has 0 unspecified atom stereocenters. The quantitative estimate of drug-likeness (QED) is 0.646. The van der Waals surface area contributed by atoms with Crippen LogP contribution in [0.5, 0.6) is 0 Å². The molecule has 0 aliphatic heterocycles. The lowest BCUT2D eigenvalue weighted by Gasteiger charge is -2.12. The molecule has 0 amide bonds. The summed E-state index contributed by atoms with van der Waals surface area (Å²) in [5.74, 6) is 1.10. The number of hydrogen-bond donors (Lipinski definition) is 2. The van der Waals surface area contributed by atoms with Gasteiger partial charge in [-0.15, -0.1) is 0 Å². The van der Waals surface area contributed by atoms with Crippen molar-refractivity contribution in [2.75, 3.05) is 7.05 Å². The third-order valence-electron chi connectivity index (χ3n) is 2.90. The van der Waals surface area contributed by atoms with E-state index in [0.717, 1.165) is 10.3 Å². The average Bonchev–Trinajstić information content (AvgIpc) is 2.88. The van der Waals surface area contributed by atoms with E-state index in [0.29, 0.717) is 24.6 Å². The molecule has 1 aromatic heterocycles. The van der Waals surface area contributed by atoms with Gasteiger partial charge in [0.25, 0.3) is 0 Å². The van der Waals surface area contributed by atoms with Gasteiger partial charge in [0.05, 0.1) is 6.54 Å². The van der Waals surface area contributed by atoms with Gasteiger partial charge in [-0.2, -0.15) is 5.10 Å². The molecule has 112 valence electrons. The van der Waals surface area contributed by atoms with E-state index in [2.05, 4.69) is 41.6 Å². The maximum absolute atomic E-state index is 13.6. The molecule has 0 atom stereocenters. The van der Waals surface area contributed by atoms with Crippen LogP contribution >= 0.6 is 15.9 Å². The number of nitrogens with zero attached hydrogens (tertiary/aromatic N) is 4. The summed E-state index contributed by atoms with van der Waals surface area (Å²) in [5, 5.41) is 10.1. The van der Waals surface area contributed by atoms with Gasteiger partial charge in [0.2, 0.25) is 0 Å². The van der Waals surface area contributed by atoms with Crippen LogP contribution in [-0.4, -0.2) is 27.8 Å². The van der Waals surface area contributed by atoms with Crippen molar-refractivity contribution in [3.05, 3.63) is 46.2 Å². The molecular weight excluding hydrogens is 339 g/mol. The topological polar surface area (TPSA) is 67.1 Å². The Morgan fingerprint density at radius 1 is 1.38 bits per heavy atom. The van der Waals surface area contributed by atoms with Gasteiger partial charge in [-0.1, -0.05) is 15.9 Å². The predicted octanol–water partition coefficient (Wildman–Crippen LogP) is 1.58. The molecule has 8 heteroatoms. The van der Waals surface area contributed by atoms with Crippen LogP contribution in [0.4, 0.5) is 4.39 Å². The molecule has 0 spiro atoms. The van der Waals surface area contributed by atoms with Gasteiger partial charge < -0.3 is 10.6 Å². The standard InChI is InChI=1S/C13H16BrFN6/c1-16-13(18-7-12-19-8-20-21(12)2)17-6-9-5-10(14)3-4-11(9)15/h3-5,8H,6-7H2,1-2H3,(H2,16,17,18). The third kappa shape index (κ3) is 4.25. The van der Waals surface area contributed by atoms with Crippen molar-refractivity contribution in [3.8, 4) is 0 Å². The lowest BCUT2D eigenvalue weighted by molar-refractivity contribution is 0.603. The van der Waals surface area contributed by atoms with Gasteiger partial charge in [-0.25, -0.2) is 9.37 Å². The number of guanidine groups is 1. The summed E-state index contributed by atoms with van der Waals surface area (Å²) in [7, 11) is 3.47. The lowest BCUT2D eigenvalue weighted by atomic mass is 10.2. The first kappa shape index (κ1) is 15.4. The summed E-state index contributed by atoms with van der Waals surface area (Å²) in [5.41, 5.74) is 0.561. The largest absolute Gasteiger partial charge is 0.352 e. The molecule has 0 radical (unpaired) electrons. The van der Waals surface area contributed by atoms with Crippen molar-refractivity contribution in [1.29, 1.82) is 0 Å². The molecular formula is C13H16BrFN6. The Kier molecular flexibility index (Phi) is 5.26. The summed E-state index contributed by atoms with van der Waals surface area (Å²) in [4.78, 5) is 8.19. The Balaban J connectivity index is 1.91. The molecule has 6 nitrogen and oxygen atoms in total. The number of benzene rings is 1. The Morgan fingerprint density at radius 3 is 2.81 bits per heavy atom. The first-order chi connectivity index (χ1) is 10.1. The fourth-order valence-electron chi connectivity index (χ4n) is 1.72. The summed E-state index contributed by atoms with van der Waals surface area (Å²) < 4.78 is 16.2. The molecule has 2 N–H and O–H groups in total. The normalized spacial score (nSPS) is 11.5. The molecule has 0 fully saturated rings. The van der Waals surface area contributed by atoms with Crippen molar-refractivity contribution < 1.29 is 4.39 Å². The predicted molar refractivity (Wildman–Crippen MR) is 82.1 cm³/mol. The van der Waals surface area contributed by atoms with Crippen LogP contribution in [0.25, 0.3) is 0 Å². The smallest absolute Gasteiger partial charge is 0.191 e. The van der Waals surface area contributed by atoms with E-state index in [-0.39, 0.29) is 5.82 Å². The van der Waals surface area contributed by atoms with Crippen LogP contribution in [0.15, 0.2) is 34.0 Å². The second-order valence-corrected chi connectivity index (χ2v) is 5.23. The van der Waals surface area contributed by atoms with E-state index in [1.807, 2.05) is 7.05 Å². The van der Waals surface area contributed by atoms with Gasteiger partial charge in [-0.05, 0) is 18.2 Å². The van der Waals surface area contributed by atoms with Crippen molar-refractivity contribution in [2.24, 2.45) is 12.0 Å². The first-order valence-corrected chi connectivity index (χ1v) is 7.10. The zero-order valence-corrected chi connectivity index (χ0v) is 13.4. The molecule has 0 bridgehead atoms. The number of aryl methyl sites for hydroxylation is 1. The Labute approximate surface area is 130 Å². The van der Waals surface area contributed by atoms with Crippen molar-refractivity contribution in [1.82, 2.24) is 25.4 Å². The van der Waals surface area contributed by atoms with Crippen molar-refractivity contribution >= 4 is 21.9 Å².